The third-order valence-electron chi connectivity index (χ3n) is 4.79. The van der Waals surface area contributed by atoms with Crippen LogP contribution in [0.15, 0.2) is 42.6 Å². The monoisotopic (exact) mass is 295 g/mol. The lowest BCUT2D eigenvalue weighted by molar-refractivity contribution is 0.0170. The van der Waals surface area contributed by atoms with Gasteiger partial charge in [-0.3, -0.25) is 0 Å². The van der Waals surface area contributed by atoms with Gasteiger partial charge in [-0.05, 0) is 48.9 Å². The molecule has 114 valence electrons. The molecule has 2 N–H and O–H groups in total. The second kappa shape index (κ2) is 5.29. The molecule has 0 amide bonds. The topological polar surface area (TPSA) is 51.4 Å². The van der Waals surface area contributed by atoms with Gasteiger partial charge in [0.2, 0.25) is 0 Å². The summed E-state index contributed by atoms with van der Waals surface area (Å²) < 4.78 is 5.97. The molecule has 0 bridgehead atoms. The van der Waals surface area contributed by atoms with Crippen molar-refractivity contribution >= 4 is 22.3 Å². The van der Waals surface area contributed by atoms with Crippen molar-refractivity contribution in [3.63, 3.8) is 0 Å². The molecule has 1 aromatic carbocycles. The number of nitrogens with zero attached hydrogens (tertiary/aromatic N) is 2. The van der Waals surface area contributed by atoms with Gasteiger partial charge in [-0.2, -0.15) is 0 Å². The van der Waals surface area contributed by atoms with Gasteiger partial charge >= 0.3 is 0 Å². The molecule has 0 saturated carbocycles. The van der Waals surface area contributed by atoms with Crippen LogP contribution in [-0.4, -0.2) is 30.3 Å². The van der Waals surface area contributed by atoms with Crippen molar-refractivity contribution in [2.75, 3.05) is 30.3 Å². The number of anilines is 2. The third-order valence-corrected chi connectivity index (χ3v) is 4.79. The number of aromatic nitrogens is 1. The predicted molar refractivity (Wildman–Crippen MR) is 90.0 cm³/mol. The molecule has 4 heteroatoms. The molecule has 1 atom stereocenters. The number of pyridine rings is 1. The van der Waals surface area contributed by atoms with Crippen molar-refractivity contribution in [2.24, 2.45) is 0 Å². The van der Waals surface area contributed by atoms with Crippen LogP contribution in [0.5, 0.6) is 0 Å². The highest BCUT2D eigenvalue weighted by Gasteiger charge is 2.33. The molecule has 2 aromatic rings. The fourth-order valence-electron chi connectivity index (χ4n) is 3.61. The van der Waals surface area contributed by atoms with Crippen LogP contribution in [0.25, 0.3) is 10.8 Å². The van der Waals surface area contributed by atoms with Crippen molar-refractivity contribution in [3.05, 3.63) is 42.6 Å². The number of ether oxygens (including phenoxy) is 1. The lowest BCUT2D eigenvalue weighted by Gasteiger charge is -2.26. The average Bonchev–Trinajstić information content (AvgIpc) is 2.88. The van der Waals surface area contributed by atoms with Crippen LogP contribution in [0.2, 0.25) is 0 Å². The Bertz CT molecular complexity index is 727. The number of rotatable bonds is 1. The minimum Gasteiger partial charge on any atom is -0.399 e. The second-order valence-corrected chi connectivity index (χ2v) is 6.23. The van der Waals surface area contributed by atoms with Crippen LogP contribution >= 0.6 is 0 Å². The quantitative estimate of drug-likeness (QED) is 0.648. The summed E-state index contributed by atoms with van der Waals surface area (Å²) in [6, 6.07) is 8.08. The fraction of sp³-hybridized carbons (Fsp3) is 0.389. The maximum Gasteiger partial charge on any atom is 0.136 e. The molecule has 1 saturated heterocycles. The summed E-state index contributed by atoms with van der Waals surface area (Å²) in [4.78, 5) is 7.03. The zero-order valence-electron chi connectivity index (χ0n) is 12.7. The Balaban J connectivity index is 1.66. The molecular weight excluding hydrogens is 274 g/mol. The van der Waals surface area contributed by atoms with Crippen molar-refractivity contribution in [2.45, 2.75) is 24.9 Å². The van der Waals surface area contributed by atoms with E-state index >= 15 is 0 Å². The van der Waals surface area contributed by atoms with E-state index < -0.39 is 0 Å². The fourth-order valence-corrected chi connectivity index (χ4v) is 3.61. The molecule has 1 fully saturated rings. The largest absolute Gasteiger partial charge is 0.399 e. The van der Waals surface area contributed by atoms with E-state index in [9.17, 15) is 0 Å². The summed E-state index contributed by atoms with van der Waals surface area (Å²) in [6.45, 7) is 2.75. The Morgan fingerprint density at radius 1 is 1.18 bits per heavy atom. The summed E-state index contributed by atoms with van der Waals surface area (Å²) >= 11 is 0. The van der Waals surface area contributed by atoms with Crippen molar-refractivity contribution in [1.29, 1.82) is 0 Å². The van der Waals surface area contributed by atoms with Gasteiger partial charge in [-0.25, -0.2) is 4.98 Å². The Morgan fingerprint density at radius 2 is 2.14 bits per heavy atom. The second-order valence-electron chi connectivity index (χ2n) is 6.23. The minimum atomic E-state index is -0.0379. The maximum atomic E-state index is 5.97. The van der Waals surface area contributed by atoms with E-state index in [0.717, 1.165) is 55.9 Å². The zero-order valence-corrected chi connectivity index (χ0v) is 12.7. The number of hydrogen-bond acceptors (Lipinski definition) is 4. The summed E-state index contributed by atoms with van der Waals surface area (Å²) in [5.41, 5.74) is 6.66. The van der Waals surface area contributed by atoms with Gasteiger partial charge in [0.25, 0.3) is 0 Å². The van der Waals surface area contributed by atoms with Gasteiger partial charge in [0.15, 0.2) is 0 Å². The lowest BCUT2D eigenvalue weighted by Crippen LogP contribution is -2.30. The first-order valence-electron chi connectivity index (χ1n) is 7.97. The SMILES string of the molecule is Nc1ccc2c(N3CCCC4(C=CCO4)CC3)nccc2c1. The van der Waals surface area contributed by atoms with Crippen LogP contribution in [-0.2, 0) is 4.74 Å². The molecule has 4 rings (SSSR count). The van der Waals surface area contributed by atoms with Crippen LogP contribution in [0.3, 0.4) is 0 Å². The first kappa shape index (κ1) is 13.6. The highest BCUT2D eigenvalue weighted by Crippen LogP contribution is 2.34. The van der Waals surface area contributed by atoms with Crippen LogP contribution < -0.4 is 10.6 Å². The van der Waals surface area contributed by atoms with Crippen LogP contribution in [0, 0.1) is 0 Å². The first-order chi connectivity index (χ1) is 10.8. The van der Waals surface area contributed by atoms with E-state index in [2.05, 4.69) is 28.1 Å². The lowest BCUT2D eigenvalue weighted by atomic mass is 9.95. The first-order valence-corrected chi connectivity index (χ1v) is 7.97. The molecule has 3 heterocycles. The Hall–Kier alpha value is -2.07. The van der Waals surface area contributed by atoms with Crippen molar-refractivity contribution < 1.29 is 4.74 Å². The van der Waals surface area contributed by atoms with Gasteiger partial charge < -0.3 is 15.4 Å². The molecule has 2 aliphatic rings. The molecule has 22 heavy (non-hydrogen) atoms. The van der Waals surface area contributed by atoms with Crippen LogP contribution in [0.4, 0.5) is 11.5 Å². The van der Waals surface area contributed by atoms with Crippen molar-refractivity contribution in [1.82, 2.24) is 4.98 Å². The third kappa shape index (κ3) is 2.33. The molecule has 1 aromatic heterocycles. The van der Waals surface area contributed by atoms with E-state index in [1.807, 2.05) is 24.4 Å². The minimum absolute atomic E-state index is 0.0379. The number of nitrogen functional groups attached to an aromatic ring is 1. The van der Waals surface area contributed by atoms with E-state index in [1.165, 1.54) is 5.39 Å². The van der Waals surface area contributed by atoms with E-state index in [-0.39, 0.29) is 5.60 Å². The molecule has 1 spiro atoms. The van der Waals surface area contributed by atoms with Crippen LogP contribution in [0.1, 0.15) is 19.3 Å². The zero-order chi connectivity index (χ0) is 15.0. The summed E-state index contributed by atoms with van der Waals surface area (Å²) in [5, 5.41) is 2.33. The summed E-state index contributed by atoms with van der Waals surface area (Å²) in [5.74, 6) is 1.07. The molecule has 1 unspecified atom stereocenters. The number of benzene rings is 1. The molecular formula is C18H21N3O. The summed E-state index contributed by atoms with van der Waals surface area (Å²) in [7, 11) is 0. The Kier molecular flexibility index (Phi) is 3.26. The molecule has 0 radical (unpaired) electrons. The highest BCUT2D eigenvalue weighted by atomic mass is 16.5. The van der Waals surface area contributed by atoms with Gasteiger partial charge in [-0.15, -0.1) is 0 Å². The molecule has 0 aliphatic carbocycles. The van der Waals surface area contributed by atoms with E-state index in [4.69, 9.17) is 10.5 Å². The molecule has 2 aliphatic heterocycles. The number of nitrogens with two attached hydrogens (primary N) is 1. The molecule has 4 nitrogen and oxygen atoms in total. The van der Waals surface area contributed by atoms with E-state index in [1.54, 1.807) is 0 Å². The van der Waals surface area contributed by atoms with Gasteiger partial charge in [-0.1, -0.05) is 12.2 Å². The van der Waals surface area contributed by atoms with Gasteiger partial charge in [0, 0.05) is 30.4 Å². The average molecular weight is 295 g/mol. The Labute approximate surface area is 130 Å². The summed E-state index contributed by atoms with van der Waals surface area (Å²) in [6.07, 6.45) is 9.53. The highest BCUT2D eigenvalue weighted by molar-refractivity contribution is 5.93. The normalized spacial score (nSPS) is 25.0. The predicted octanol–water partition coefficient (Wildman–Crippen LogP) is 3.13. The Morgan fingerprint density at radius 3 is 3.00 bits per heavy atom. The standard InChI is InChI=1S/C18H21N3O/c19-15-3-4-16-14(13-15)5-9-20-17(16)21-10-1-6-18(8-11-21)7-2-12-22-18/h2-5,7,9,13H,1,6,8,10-12,19H2. The maximum absolute atomic E-state index is 5.97. The number of fused-ring (bicyclic) bond motifs is 1. The van der Waals surface area contributed by atoms with Gasteiger partial charge in [0.1, 0.15) is 5.82 Å². The van der Waals surface area contributed by atoms with E-state index in [0.29, 0.717) is 0 Å². The number of hydrogen-bond donors (Lipinski definition) is 1. The van der Waals surface area contributed by atoms with Crippen molar-refractivity contribution in [3.8, 4) is 0 Å². The van der Waals surface area contributed by atoms with Gasteiger partial charge in [0.05, 0.1) is 12.2 Å². The smallest absolute Gasteiger partial charge is 0.136 e.